The number of ether oxygens (including phenoxy) is 3. The normalized spacial score (nSPS) is 17.0. The molecule has 2 heterocycles. The zero-order valence-corrected chi connectivity index (χ0v) is 41.7. The van der Waals surface area contributed by atoms with E-state index in [2.05, 4.69) is 137 Å². The van der Waals surface area contributed by atoms with Crippen molar-refractivity contribution in [2.75, 3.05) is 76.5 Å². The average molecular weight is 977 g/mol. The van der Waals surface area contributed by atoms with Gasteiger partial charge < -0.3 is 24.4 Å². The van der Waals surface area contributed by atoms with E-state index >= 15 is 0 Å². The Morgan fingerprint density at radius 1 is 0.826 bits per heavy atom. The number of halogens is 1. The molecule has 69 heavy (non-hydrogen) atoms. The number of benzene rings is 4. The van der Waals surface area contributed by atoms with Gasteiger partial charge >= 0.3 is 0 Å². The van der Waals surface area contributed by atoms with Crippen molar-refractivity contribution in [2.24, 2.45) is 5.11 Å². The van der Waals surface area contributed by atoms with Gasteiger partial charge in [-0.1, -0.05) is 109 Å². The first-order valence-electron chi connectivity index (χ1n) is 23.8. The number of amides is 1. The third-order valence-corrected chi connectivity index (χ3v) is 14.3. The lowest BCUT2D eigenvalue weighted by molar-refractivity contribution is -0.438. The summed E-state index contributed by atoms with van der Waals surface area (Å²) in [5.74, 6) is -0.310. The predicted molar refractivity (Wildman–Crippen MR) is 277 cm³/mol. The fourth-order valence-electron chi connectivity index (χ4n) is 9.82. The third-order valence-electron chi connectivity index (χ3n) is 13.1. The summed E-state index contributed by atoms with van der Waals surface area (Å²) in [7, 11) is -4.12. The van der Waals surface area contributed by atoms with Gasteiger partial charge in [0, 0.05) is 83.0 Å². The largest absolute Gasteiger partial charge is 0.379 e. The Bertz CT molecular complexity index is 2840. The van der Waals surface area contributed by atoms with Crippen LogP contribution in [0.1, 0.15) is 82.1 Å². The van der Waals surface area contributed by atoms with E-state index in [1.165, 1.54) is 22.5 Å². The van der Waals surface area contributed by atoms with Gasteiger partial charge in [-0.25, -0.2) is 0 Å². The fraction of sp³-hybridized carbons (Fsp3) is 0.407. The lowest BCUT2D eigenvalue weighted by atomic mass is 9.81. The van der Waals surface area contributed by atoms with Crippen molar-refractivity contribution in [3.05, 3.63) is 153 Å². The number of hydrogen-bond acceptors (Lipinski definition) is 8. The van der Waals surface area contributed by atoms with E-state index in [1.807, 2.05) is 24.3 Å². The van der Waals surface area contributed by atoms with Crippen molar-refractivity contribution < 1.29 is 36.6 Å². The molecule has 2 N–H and O–H groups in total. The van der Waals surface area contributed by atoms with Crippen molar-refractivity contribution in [3.8, 4) is 0 Å². The van der Waals surface area contributed by atoms with Crippen LogP contribution in [0.5, 0.6) is 0 Å². The summed E-state index contributed by atoms with van der Waals surface area (Å²) >= 11 is 7.46. The number of fused-ring (bicyclic) bond motifs is 5. The number of carbonyl (C=O) groups is 1. The van der Waals surface area contributed by atoms with Crippen LogP contribution in [-0.2, 0) is 40.0 Å². The molecule has 3 aliphatic rings. The summed E-state index contributed by atoms with van der Waals surface area (Å²) in [5.41, 5.74) is 18.3. The molecule has 0 saturated heterocycles. The van der Waals surface area contributed by atoms with Gasteiger partial charge in [0.2, 0.25) is 11.6 Å². The minimum Gasteiger partial charge on any atom is -0.379 e. The van der Waals surface area contributed by atoms with Crippen molar-refractivity contribution >= 4 is 66.6 Å². The quantitative estimate of drug-likeness (QED) is 0.0165. The fourth-order valence-corrected chi connectivity index (χ4v) is 10.6. The first-order valence-corrected chi connectivity index (χ1v) is 25.8. The number of azide groups is 1. The maximum absolute atomic E-state index is 12.6. The summed E-state index contributed by atoms with van der Waals surface area (Å²) in [6.07, 6.45) is 11.9. The molecule has 0 aromatic heterocycles. The van der Waals surface area contributed by atoms with Crippen molar-refractivity contribution in [1.29, 1.82) is 0 Å². The lowest BCUT2D eigenvalue weighted by Gasteiger charge is -2.27. The predicted octanol–water partition coefficient (Wildman–Crippen LogP) is 10.8. The summed E-state index contributed by atoms with van der Waals surface area (Å²) < 4.78 is 52.0. The molecule has 4 aromatic carbocycles. The molecule has 0 unspecified atom stereocenters. The molecule has 0 spiro atoms. The van der Waals surface area contributed by atoms with E-state index in [0.29, 0.717) is 70.7 Å². The van der Waals surface area contributed by atoms with Gasteiger partial charge in [-0.15, -0.1) is 0 Å². The minimum atomic E-state index is -4.12. The van der Waals surface area contributed by atoms with Gasteiger partial charge in [-0.05, 0) is 84.3 Å². The van der Waals surface area contributed by atoms with E-state index in [1.54, 1.807) is 0 Å². The molecule has 1 amide bonds. The number of nitrogens with zero attached hydrogens (tertiary/aromatic N) is 5. The van der Waals surface area contributed by atoms with Crippen LogP contribution < -0.4 is 10.2 Å². The first-order chi connectivity index (χ1) is 33.2. The van der Waals surface area contributed by atoms with Crippen molar-refractivity contribution in [3.63, 3.8) is 0 Å². The monoisotopic (exact) mass is 975 g/mol. The maximum atomic E-state index is 12.6. The van der Waals surface area contributed by atoms with Gasteiger partial charge in [-0.3, -0.25) is 9.35 Å². The van der Waals surface area contributed by atoms with E-state index in [4.69, 9.17) is 31.3 Å². The molecule has 364 valence electrons. The van der Waals surface area contributed by atoms with Crippen LogP contribution in [0.15, 0.2) is 125 Å². The van der Waals surface area contributed by atoms with Crippen LogP contribution in [0.25, 0.3) is 32.4 Å². The highest BCUT2D eigenvalue weighted by atomic mass is 35.5. The molecule has 4 aromatic rings. The van der Waals surface area contributed by atoms with Gasteiger partial charge in [0.05, 0.1) is 55.8 Å². The zero-order chi connectivity index (χ0) is 49.0. The van der Waals surface area contributed by atoms with Crippen LogP contribution in [0.4, 0.5) is 11.4 Å². The molecule has 1 aliphatic carbocycles. The minimum absolute atomic E-state index is 0.0147. The average Bonchev–Trinajstić information content (AvgIpc) is 3.81. The highest BCUT2D eigenvalue weighted by molar-refractivity contribution is 7.85. The Labute approximate surface area is 411 Å². The topological polar surface area (TPSA) is 166 Å². The van der Waals surface area contributed by atoms with Crippen LogP contribution >= 0.6 is 11.6 Å². The smallest absolute Gasteiger partial charge is 0.264 e. The Morgan fingerprint density at radius 2 is 1.52 bits per heavy atom. The van der Waals surface area contributed by atoms with Crippen molar-refractivity contribution in [2.45, 2.75) is 70.6 Å². The number of rotatable bonds is 25. The Hall–Kier alpha value is -5.57. The van der Waals surface area contributed by atoms with Crippen LogP contribution in [-0.4, -0.2) is 101 Å². The van der Waals surface area contributed by atoms with E-state index in [0.717, 1.165) is 70.2 Å². The second-order valence-corrected chi connectivity index (χ2v) is 20.4. The maximum Gasteiger partial charge on any atom is 0.264 e. The number of allylic oxidation sites excluding steroid dienone is 8. The molecule has 7 rings (SSSR count). The summed E-state index contributed by atoms with van der Waals surface area (Å²) in [4.78, 5) is 17.5. The van der Waals surface area contributed by atoms with Crippen LogP contribution in [0.2, 0.25) is 0 Å². The Balaban J connectivity index is 1.03. The highest BCUT2D eigenvalue weighted by Crippen LogP contribution is 2.52. The zero-order valence-electron chi connectivity index (χ0n) is 40.1. The molecule has 0 saturated carbocycles. The molecule has 0 atom stereocenters. The molecule has 0 fully saturated rings. The number of nitrogens with one attached hydrogen (secondary N) is 1. The molecule has 2 aliphatic heterocycles. The molecular formula is C54H64ClN6O7S+. The van der Waals surface area contributed by atoms with E-state index in [-0.39, 0.29) is 23.5 Å². The summed E-state index contributed by atoms with van der Waals surface area (Å²) in [6, 6.07) is 29.4. The molecule has 0 radical (unpaired) electrons. The SMILES string of the molecule is CC1(C)C(/C=C/C2=C(Cl)C(=C/C=C3/N(CCCS(=O)(=O)O)c4ccc5ccccc5c4C3(C)C)/c3ccccc32)=[N+](CCCCCC(=O)NCCOCCOCCOCCN=[N+]=[N-])c2ccccc21. The van der Waals surface area contributed by atoms with E-state index in [9.17, 15) is 17.8 Å². The van der Waals surface area contributed by atoms with Crippen molar-refractivity contribution in [1.82, 2.24) is 5.32 Å². The molecule has 0 bridgehead atoms. The van der Waals surface area contributed by atoms with E-state index < -0.39 is 15.5 Å². The second-order valence-electron chi connectivity index (χ2n) is 18.5. The molecular weight excluding hydrogens is 912 g/mol. The number of hydrogen-bond donors (Lipinski definition) is 2. The molecule has 15 heteroatoms. The van der Waals surface area contributed by atoms with Crippen LogP contribution in [0, 0.1) is 0 Å². The second kappa shape index (κ2) is 23.4. The molecule has 13 nitrogen and oxygen atoms in total. The first kappa shape index (κ1) is 51.3. The summed E-state index contributed by atoms with van der Waals surface area (Å²) in [6.45, 7) is 13.4. The Morgan fingerprint density at radius 3 is 2.29 bits per heavy atom. The third kappa shape index (κ3) is 12.2. The highest BCUT2D eigenvalue weighted by Gasteiger charge is 2.44. The van der Waals surface area contributed by atoms with Gasteiger partial charge in [0.15, 0.2) is 5.71 Å². The number of unbranched alkanes of at least 4 members (excludes halogenated alkanes) is 2. The van der Waals surface area contributed by atoms with Crippen LogP contribution in [0.3, 0.4) is 0 Å². The Kier molecular flexibility index (Phi) is 17.4. The number of carbonyl (C=O) groups excluding carboxylic acids is 1. The number of para-hydroxylation sites is 1. The van der Waals surface area contributed by atoms with Gasteiger partial charge in [0.1, 0.15) is 6.54 Å². The lowest BCUT2D eigenvalue weighted by Crippen LogP contribution is -2.28. The summed E-state index contributed by atoms with van der Waals surface area (Å²) in [5, 5.41) is 9.30. The van der Waals surface area contributed by atoms with Gasteiger partial charge in [-0.2, -0.15) is 13.0 Å². The number of anilines is 1. The standard InChI is InChI=1S/C54H63ClN6O7S/c1-53(2)45-19-11-12-20-46(45)60(30-13-5-6-21-50(62)57-28-32-66-34-36-68-37-35-67-33-29-58-59-56)48(53)26-23-43-41-17-9-10-18-42(41)44(52(43)55)24-27-49-54(3,4)51-40-16-8-7-15-39(40)22-25-47(51)61(49)31-14-38-69(63,64)65/h7-12,15-20,22-27H,5-6,13-14,21,28-38H2,1-4H3,(H-,57,62,63,64,65)/p+1. The van der Waals surface area contributed by atoms with Gasteiger partial charge in [0.25, 0.3) is 10.1 Å².